The Morgan fingerprint density at radius 3 is 2.39 bits per heavy atom. The van der Waals surface area contributed by atoms with Gasteiger partial charge in [-0.25, -0.2) is 14.2 Å². The number of hydrogen-bond acceptors (Lipinski definition) is 7. The highest BCUT2D eigenvalue weighted by Gasteiger charge is 2.58. The van der Waals surface area contributed by atoms with Gasteiger partial charge in [0.1, 0.15) is 28.6 Å². The number of ether oxygens (including phenoxy) is 1. The molecular formula is C26H27F7N4O3S. The molecule has 0 spiro atoms. The summed E-state index contributed by atoms with van der Waals surface area (Å²) >= 11 is 0.893. The van der Waals surface area contributed by atoms with Crippen LogP contribution in [0.4, 0.5) is 30.7 Å². The SMILES string of the molecule is O=c1[nH]c(-c2ccc(OCc3sc(C4(C(F)(F)F)CCCCC4)nc3CN3CCC(C(F)(F)F)CC3)cc2F)no1. The topological polar surface area (TPSA) is 84.3 Å². The first kappa shape index (κ1) is 29.5. The van der Waals surface area contributed by atoms with Crippen LogP contribution in [0.3, 0.4) is 0 Å². The van der Waals surface area contributed by atoms with E-state index in [2.05, 4.69) is 19.6 Å². The van der Waals surface area contributed by atoms with Gasteiger partial charge in [-0.3, -0.25) is 14.4 Å². The standard InChI is InChI=1S/C26H27F7N4O3S/c27-18-12-16(4-5-17(18)21-35-23(38)40-36-21)39-14-20-19(13-37-10-6-15(7-11-37)25(28,29)30)34-22(41-20)24(26(31,32)33)8-2-1-3-9-24/h4-5,12,15H,1-3,6-11,13-14H2,(H,35,36,38). The molecule has 2 aromatic heterocycles. The van der Waals surface area contributed by atoms with Gasteiger partial charge in [0.2, 0.25) is 0 Å². The average Bonchev–Trinajstić information content (AvgIpc) is 3.53. The van der Waals surface area contributed by atoms with E-state index in [0.29, 0.717) is 29.8 Å². The molecule has 2 aliphatic rings. The van der Waals surface area contributed by atoms with Crippen molar-refractivity contribution < 1.29 is 40.0 Å². The van der Waals surface area contributed by atoms with Crippen molar-refractivity contribution in [2.75, 3.05) is 13.1 Å². The Balaban J connectivity index is 1.39. The van der Waals surface area contributed by atoms with E-state index in [4.69, 9.17) is 4.74 Å². The van der Waals surface area contributed by atoms with Crippen molar-refractivity contribution >= 4 is 11.3 Å². The quantitative estimate of drug-likeness (QED) is 0.299. The first-order valence-corrected chi connectivity index (χ1v) is 14.0. The Morgan fingerprint density at radius 2 is 1.80 bits per heavy atom. The number of benzene rings is 1. The monoisotopic (exact) mass is 608 g/mol. The molecule has 1 aliphatic heterocycles. The third-order valence-corrected chi connectivity index (χ3v) is 9.14. The summed E-state index contributed by atoms with van der Waals surface area (Å²) in [6.45, 7) is 0.150. The highest BCUT2D eigenvalue weighted by atomic mass is 32.1. The Kier molecular flexibility index (Phi) is 8.21. The van der Waals surface area contributed by atoms with Crippen molar-refractivity contribution in [1.82, 2.24) is 20.0 Å². The van der Waals surface area contributed by atoms with Gasteiger partial charge >= 0.3 is 18.1 Å². The third kappa shape index (κ3) is 6.30. The van der Waals surface area contributed by atoms with E-state index < -0.39 is 35.3 Å². The molecule has 1 aromatic carbocycles. The number of nitrogens with one attached hydrogen (secondary N) is 1. The van der Waals surface area contributed by atoms with E-state index in [1.54, 1.807) is 4.90 Å². The summed E-state index contributed by atoms with van der Waals surface area (Å²) in [5.74, 6) is -3.08. The predicted octanol–water partition coefficient (Wildman–Crippen LogP) is 6.74. The molecule has 1 saturated heterocycles. The number of thiazole rings is 1. The molecule has 5 rings (SSSR count). The van der Waals surface area contributed by atoms with Gasteiger partial charge < -0.3 is 4.74 Å². The smallest absolute Gasteiger partial charge is 0.439 e. The van der Waals surface area contributed by atoms with Crippen molar-refractivity contribution in [2.24, 2.45) is 5.92 Å². The molecule has 0 bridgehead atoms. The zero-order valence-corrected chi connectivity index (χ0v) is 22.5. The van der Waals surface area contributed by atoms with Gasteiger partial charge in [0.05, 0.1) is 22.1 Å². The molecule has 1 N–H and O–H groups in total. The molecule has 7 nitrogen and oxygen atoms in total. The van der Waals surface area contributed by atoms with Crippen molar-refractivity contribution in [2.45, 2.75) is 75.9 Å². The van der Waals surface area contributed by atoms with Crippen LogP contribution in [-0.2, 0) is 18.6 Å². The number of aromatic nitrogens is 3. The summed E-state index contributed by atoms with van der Waals surface area (Å²) in [5.41, 5.74) is -1.81. The minimum atomic E-state index is -4.52. The molecule has 224 valence electrons. The van der Waals surface area contributed by atoms with Gasteiger partial charge in [-0.2, -0.15) is 26.3 Å². The number of nitrogens with zero attached hydrogens (tertiary/aromatic N) is 3. The van der Waals surface area contributed by atoms with Crippen LogP contribution < -0.4 is 10.5 Å². The number of piperidine rings is 1. The van der Waals surface area contributed by atoms with Gasteiger partial charge in [-0.15, -0.1) is 11.3 Å². The number of H-pyrrole nitrogens is 1. The highest BCUT2D eigenvalue weighted by molar-refractivity contribution is 7.11. The lowest BCUT2D eigenvalue weighted by atomic mass is 9.74. The molecular weight excluding hydrogens is 581 g/mol. The summed E-state index contributed by atoms with van der Waals surface area (Å²) in [6.07, 6.45) is -7.65. The third-order valence-electron chi connectivity index (χ3n) is 7.87. The molecule has 0 atom stereocenters. The first-order chi connectivity index (χ1) is 19.4. The number of likely N-dealkylation sites (tertiary alicyclic amines) is 1. The first-order valence-electron chi connectivity index (χ1n) is 13.2. The fourth-order valence-electron chi connectivity index (χ4n) is 5.50. The van der Waals surface area contributed by atoms with E-state index in [0.717, 1.165) is 17.4 Å². The fourth-order valence-corrected chi connectivity index (χ4v) is 6.75. The predicted molar refractivity (Wildman–Crippen MR) is 134 cm³/mol. The second-order valence-corrected chi connectivity index (χ2v) is 11.6. The van der Waals surface area contributed by atoms with Gasteiger partial charge in [0.15, 0.2) is 5.82 Å². The van der Waals surface area contributed by atoms with Crippen LogP contribution in [0.1, 0.15) is 60.5 Å². The van der Waals surface area contributed by atoms with Crippen LogP contribution in [0.25, 0.3) is 11.4 Å². The van der Waals surface area contributed by atoms with E-state index in [9.17, 15) is 35.5 Å². The van der Waals surface area contributed by atoms with Crippen LogP contribution in [0, 0.1) is 11.7 Å². The molecule has 3 aromatic rings. The number of rotatable bonds is 7. The second-order valence-electron chi connectivity index (χ2n) is 10.5. The lowest BCUT2D eigenvalue weighted by molar-refractivity contribution is -0.199. The lowest BCUT2D eigenvalue weighted by Crippen LogP contribution is -2.44. The molecule has 41 heavy (non-hydrogen) atoms. The normalized spacial score (nSPS) is 19.0. The molecule has 15 heteroatoms. The van der Waals surface area contributed by atoms with Crippen LogP contribution in [0.15, 0.2) is 27.5 Å². The number of alkyl halides is 6. The molecule has 1 saturated carbocycles. The van der Waals surface area contributed by atoms with Gasteiger partial charge in [0, 0.05) is 12.6 Å². The van der Waals surface area contributed by atoms with E-state index >= 15 is 0 Å². The van der Waals surface area contributed by atoms with Crippen molar-refractivity contribution in [3.05, 3.63) is 50.1 Å². The lowest BCUT2D eigenvalue weighted by Gasteiger charge is -2.37. The van der Waals surface area contributed by atoms with E-state index in [1.807, 2.05) is 0 Å². The van der Waals surface area contributed by atoms with Gasteiger partial charge in [-0.1, -0.05) is 24.4 Å². The second kappa shape index (κ2) is 11.4. The highest BCUT2D eigenvalue weighted by Crippen LogP contribution is 2.52. The molecule has 0 unspecified atom stereocenters. The van der Waals surface area contributed by atoms with Crippen LogP contribution in [0.2, 0.25) is 0 Å². The van der Waals surface area contributed by atoms with Gasteiger partial charge in [0.25, 0.3) is 0 Å². The fraction of sp³-hybridized carbons (Fsp3) is 0.577. The Hall–Kier alpha value is -2.94. The Bertz CT molecular complexity index is 1400. The van der Waals surface area contributed by atoms with Crippen LogP contribution in [-0.4, -0.2) is 45.5 Å². The summed E-state index contributed by atoms with van der Waals surface area (Å²) in [5, 5.41) is 3.37. The number of hydrogen-bond donors (Lipinski definition) is 1. The average molecular weight is 609 g/mol. The number of halogens is 7. The molecule has 0 amide bonds. The summed E-state index contributed by atoms with van der Waals surface area (Å²) in [6, 6.07) is 3.76. The van der Waals surface area contributed by atoms with Crippen LogP contribution >= 0.6 is 11.3 Å². The summed E-state index contributed by atoms with van der Waals surface area (Å²) in [7, 11) is 0. The summed E-state index contributed by atoms with van der Waals surface area (Å²) in [4.78, 5) is 20.0. The van der Waals surface area contributed by atoms with Crippen molar-refractivity contribution in [1.29, 1.82) is 0 Å². The summed E-state index contributed by atoms with van der Waals surface area (Å²) < 4.78 is 108. The Labute approximate surface area is 233 Å². The molecule has 0 radical (unpaired) electrons. The zero-order chi connectivity index (χ0) is 29.4. The van der Waals surface area contributed by atoms with E-state index in [-0.39, 0.29) is 74.1 Å². The Morgan fingerprint density at radius 1 is 1.10 bits per heavy atom. The minimum Gasteiger partial charge on any atom is -0.488 e. The maximum Gasteiger partial charge on any atom is 0.439 e. The zero-order valence-electron chi connectivity index (χ0n) is 21.7. The molecule has 2 fully saturated rings. The maximum absolute atomic E-state index is 14.7. The van der Waals surface area contributed by atoms with E-state index in [1.165, 1.54) is 12.1 Å². The van der Waals surface area contributed by atoms with Crippen LogP contribution in [0.5, 0.6) is 5.75 Å². The van der Waals surface area contributed by atoms with Crippen molar-refractivity contribution in [3.63, 3.8) is 0 Å². The van der Waals surface area contributed by atoms with Gasteiger partial charge in [-0.05, 0) is 50.9 Å². The minimum absolute atomic E-state index is 0.0457. The molecule has 1 aliphatic carbocycles. The van der Waals surface area contributed by atoms with Crippen molar-refractivity contribution in [3.8, 4) is 17.1 Å². The maximum atomic E-state index is 14.7. The molecule has 3 heterocycles. The largest absolute Gasteiger partial charge is 0.488 e. The number of aromatic amines is 1.